The van der Waals surface area contributed by atoms with Crippen molar-refractivity contribution < 1.29 is 23.4 Å². The molecular formula is C11H13F2NO3. The van der Waals surface area contributed by atoms with Crippen LogP contribution < -0.4 is 5.32 Å². The second-order valence-electron chi connectivity index (χ2n) is 3.38. The Morgan fingerprint density at radius 2 is 2.24 bits per heavy atom. The molecule has 0 aliphatic heterocycles. The van der Waals surface area contributed by atoms with E-state index in [4.69, 9.17) is 9.84 Å². The van der Waals surface area contributed by atoms with E-state index < -0.39 is 23.6 Å². The van der Waals surface area contributed by atoms with Crippen LogP contribution in [0.2, 0.25) is 0 Å². The summed E-state index contributed by atoms with van der Waals surface area (Å²) in [6, 6.07) is 1.42. The molecule has 0 bridgehead atoms. The largest absolute Gasteiger partial charge is 0.480 e. The van der Waals surface area contributed by atoms with Gasteiger partial charge in [-0.05, 0) is 18.2 Å². The van der Waals surface area contributed by atoms with Gasteiger partial charge < -0.3 is 9.84 Å². The van der Waals surface area contributed by atoms with Crippen molar-refractivity contribution in [1.82, 2.24) is 5.32 Å². The van der Waals surface area contributed by atoms with Crippen LogP contribution in [-0.4, -0.2) is 31.3 Å². The molecule has 1 unspecified atom stereocenters. The molecule has 1 aromatic rings. The molecule has 0 aliphatic rings. The molecule has 0 amide bonds. The van der Waals surface area contributed by atoms with E-state index >= 15 is 0 Å². The van der Waals surface area contributed by atoms with E-state index in [2.05, 4.69) is 5.32 Å². The van der Waals surface area contributed by atoms with Crippen LogP contribution in [0.25, 0.3) is 0 Å². The molecule has 0 radical (unpaired) electrons. The zero-order valence-corrected chi connectivity index (χ0v) is 9.24. The molecule has 0 aromatic heterocycles. The van der Waals surface area contributed by atoms with Crippen LogP contribution in [-0.2, 0) is 9.53 Å². The minimum Gasteiger partial charge on any atom is -0.480 e. The number of nitrogens with one attached hydrogen (secondary N) is 1. The van der Waals surface area contributed by atoms with Crippen molar-refractivity contribution in [2.24, 2.45) is 0 Å². The first-order valence-corrected chi connectivity index (χ1v) is 4.96. The molecule has 1 rings (SSSR count). The van der Waals surface area contributed by atoms with E-state index in [1.54, 1.807) is 0 Å². The lowest BCUT2D eigenvalue weighted by Crippen LogP contribution is -2.31. The van der Waals surface area contributed by atoms with Crippen LogP contribution in [0.3, 0.4) is 0 Å². The summed E-state index contributed by atoms with van der Waals surface area (Å²) in [6.45, 7) is 0.504. The lowest BCUT2D eigenvalue weighted by atomic mass is 10.1. The number of carboxylic acid groups (broad SMARTS) is 1. The third-order valence-corrected chi connectivity index (χ3v) is 2.17. The van der Waals surface area contributed by atoms with Crippen molar-refractivity contribution >= 4 is 5.97 Å². The first-order chi connectivity index (χ1) is 8.06. The molecule has 0 spiro atoms. The van der Waals surface area contributed by atoms with Crippen molar-refractivity contribution in [2.45, 2.75) is 6.04 Å². The fourth-order valence-corrected chi connectivity index (χ4v) is 1.37. The first kappa shape index (κ1) is 13.5. The molecule has 0 saturated heterocycles. The number of ether oxygens (including phenoxy) is 1. The summed E-state index contributed by atoms with van der Waals surface area (Å²) < 4.78 is 31.1. The second-order valence-corrected chi connectivity index (χ2v) is 3.38. The summed E-state index contributed by atoms with van der Waals surface area (Å²) in [5, 5.41) is 11.5. The Morgan fingerprint density at radius 3 is 2.82 bits per heavy atom. The SMILES string of the molecule is COCCNC(C(=O)O)c1cc(F)ccc1F. The van der Waals surface area contributed by atoms with Crippen molar-refractivity contribution in [3.63, 3.8) is 0 Å². The number of methoxy groups -OCH3 is 1. The third kappa shape index (κ3) is 3.76. The fraction of sp³-hybridized carbons (Fsp3) is 0.364. The second kappa shape index (κ2) is 6.27. The highest BCUT2D eigenvalue weighted by Crippen LogP contribution is 2.18. The lowest BCUT2D eigenvalue weighted by molar-refractivity contribution is -0.139. The molecular weight excluding hydrogens is 232 g/mol. The highest BCUT2D eigenvalue weighted by Gasteiger charge is 2.22. The Labute approximate surface area is 97.2 Å². The van der Waals surface area contributed by atoms with E-state index in [1.165, 1.54) is 7.11 Å². The van der Waals surface area contributed by atoms with Crippen LogP contribution in [0.4, 0.5) is 8.78 Å². The molecule has 1 atom stereocenters. The predicted molar refractivity (Wildman–Crippen MR) is 56.6 cm³/mol. The highest BCUT2D eigenvalue weighted by molar-refractivity contribution is 5.75. The van der Waals surface area contributed by atoms with E-state index in [0.29, 0.717) is 0 Å². The quantitative estimate of drug-likeness (QED) is 0.742. The third-order valence-electron chi connectivity index (χ3n) is 2.17. The van der Waals surface area contributed by atoms with Gasteiger partial charge in [0.1, 0.15) is 17.7 Å². The van der Waals surface area contributed by atoms with Crippen molar-refractivity contribution in [1.29, 1.82) is 0 Å². The monoisotopic (exact) mass is 245 g/mol. The van der Waals surface area contributed by atoms with Crippen LogP contribution in [0, 0.1) is 11.6 Å². The van der Waals surface area contributed by atoms with Gasteiger partial charge in [0.2, 0.25) is 0 Å². The van der Waals surface area contributed by atoms with Gasteiger partial charge in [-0.25, -0.2) is 8.78 Å². The maximum Gasteiger partial charge on any atom is 0.325 e. The molecule has 2 N–H and O–H groups in total. The summed E-state index contributed by atoms with van der Waals surface area (Å²) in [7, 11) is 1.46. The van der Waals surface area contributed by atoms with Gasteiger partial charge >= 0.3 is 5.97 Å². The Morgan fingerprint density at radius 1 is 1.53 bits per heavy atom. The van der Waals surface area contributed by atoms with E-state index in [9.17, 15) is 13.6 Å². The normalized spacial score (nSPS) is 12.4. The summed E-state index contributed by atoms with van der Waals surface area (Å²) >= 11 is 0. The summed E-state index contributed by atoms with van der Waals surface area (Å²) in [6.07, 6.45) is 0. The summed E-state index contributed by atoms with van der Waals surface area (Å²) in [5.74, 6) is -2.71. The van der Waals surface area contributed by atoms with Crippen LogP contribution in [0.1, 0.15) is 11.6 Å². The van der Waals surface area contributed by atoms with Crippen LogP contribution in [0.5, 0.6) is 0 Å². The molecule has 6 heteroatoms. The standard InChI is InChI=1S/C11H13F2NO3/c1-17-5-4-14-10(11(15)16)8-6-7(12)2-3-9(8)13/h2-3,6,10,14H,4-5H2,1H3,(H,15,16). The molecule has 17 heavy (non-hydrogen) atoms. The lowest BCUT2D eigenvalue weighted by Gasteiger charge is -2.15. The van der Waals surface area contributed by atoms with Crippen LogP contribution >= 0.6 is 0 Å². The molecule has 94 valence electrons. The number of carboxylic acids is 1. The predicted octanol–water partition coefficient (Wildman–Crippen LogP) is 1.33. The minimum absolute atomic E-state index is 0.226. The Balaban J connectivity index is 2.89. The van der Waals surface area contributed by atoms with Gasteiger partial charge in [-0.3, -0.25) is 10.1 Å². The van der Waals surface area contributed by atoms with Gasteiger partial charge in [0.25, 0.3) is 0 Å². The maximum atomic E-state index is 13.4. The Hall–Kier alpha value is -1.53. The van der Waals surface area contributed by atoms with Gasteiger partial charge in [0.15, 0.2) is 0 Å². The minimum atomic E-state index is -1.29. The molecule has 0 aliphatic carbocycles. The molecule has 0 fully saturated rings. The number of halogens is 2. The zero-order valence-electron chi connectivity index (χ0n) is 9.24. The van der Waals surface area contributed by atoms with Gasteiger partial charge in [0, 0.05) is 19.2 Å². The number of rotatable bonds is 6. The number of carbonyl (C=O) groups is 1. The smallest absolute Gasteiger partial charge is 0.325 e. The average Bonchev–Trinajstić information content (AvgIpc) is 2.28. The number of hydrogen-bond acceptors (Lipinski definition) is 3. The Kier molecular flexibility index (Phi) is 4.99. The highest BCUT2D eigenvalue weighted by atomic mass is 19.1. The van der Waals surface area contributed by atoms with Crippen molar-refractivity contribution in [2.75, 3.05) is 20.3 Å². The van der Waals surface area contributed by atoms with E-state index in [0.717, 1.165) is 18.2 Å². The molecule has 4 nitrogen and oxygen atoms in total. The van der Waals surface area contributed by atoms with Gasteiger partial charge in [-0.1, -0.05) is 0 Å². The first-order valence-electron chi connectivity index (χ1n) is 4.96. The number of hydrogen-bond donors (Lipinski definition) is 2. The summed E-state index contributed by atoms with van der Waals surface area (Å²) in [5.41, 5.74) is -0.228. The topological polar surface area (TPSA) is 58.6 Å². The van der Waals surface area contributed by atoms with E-state index in [1.807, 2.05) is 0 Å². The number of benzene rings is 1. The summed E-state index contributed by atoms with van der Waals surface area (Å²) in [4.78, 5) is 11.0. The van der Waals surface area contributed by atoms with Gasteiger partial charge in [-0.2, -0.15) is 0 Å². The zero-order chi connectivity index (χ0) is 12.8. The average molecular weight is 245 g/mol. The van der Waals surface area contributed by atoms with Crippen molar-refractivity contribution in [3.8, 4) is 0 Å². The van der Waals surface area contributed by atoms with Gasteiger partial charge in [-0.15, -0.1) is 0 Å². The molecule has 0 heterocycles. The Bertz CT molecular complexity index is 398. The molecule has 0 saturated carbocycles. The van der Waals surface area contributed by atoms with Crippen molar-refractivity contribution in [3.05, 3.63) is 35.4 Å². The van der Waals surface area contributed by atoms with Gasteiger partial charge in [0.05, 0.1) is 6.61 Å². The fourth-order valence-electron chi connectivity index (χ4n) is 1.37. The van der Waals surface area contributed by atoms with E-state index in [-0.39, 0.29) is 18.7 Å². The maximum absolute atomic E-state index is 13.4. The molecule has 1 aromatic carbocycles. The number of aliphatic carboxylic acids is 1. The van der Waals surface area contributed by atoms with Crippen LogP contribution in [0.15, 0.2) is 18.2 Å².